The number of benzene rings is 1. The average molecular weight is 255 g/mol. The Morgan fingerprint density at radius 2 is 2.17 bits per heavy atom. The van der Waals surface area contributed by atoms with E-state index in [0.717, 1.165) is 6.07 Å². The van der Waals surface area contributed by atoms with E-state index in [-0.39, 0.29) is 17.4 Å². The first-order valence-corrected chi connectivity index (χ1v) is 5.75. The third-order valence-electron chi connectivity index (χ3n) is 2.60. The molecule has 18 heavy (non-hydrogen) atoms. The summed E-state index contributed by atoms with van der Waals surface area (Å²) in [6, 6.07) is 3.46. The van der Waals surface area contributed by atoms with E-state index in [1.54, 1.807) is 7.11 Å². The molecule has 0 saturated heterocycles. The van der Waals surface area contributed by atoms with Gasteiger partial charge in [0, 0.05) is 25.8 Å². The number of hydrogen-bond donors (Lipinski definition) is 1. The maximum absolute atomic E-state index is 13.6. The highest BCUT2D eigenvalue weighted by atomic mass is 19.1. The molecule has 0 fully saturated rings. The van der Waals surface area contributed by atoms with Gasteiger partial charge in [0.15, 0.2) is 0 Å². The predicted octanol–water partition coefficient (Wildman–Crippen LogP) is 2.03. The summed E-state index contributed by atoms with van der Waals surface area (Å²) in [5.74, 6) is -1.32. The zero-order valence-corrected chi connectivity index (χ0v) is 10.8. The van der Waals surface area contributed by atoms with E-state index in [9.17, 15) is 9.18 Å². The Labute approximate surface area is 106 Å². The fraction of sp³-hybridized carbons (Fsp3) is 0.462. The van der Waals surface area contributed by atoms with Crippen molar-refractivity contribution in [1.29, 1.82) is 0 Å². The second-order valence-electron chi connectivity index (χ2n) is 4.25. The van der Waals surface area contributed by atoms with Crippen molar-refractivity contribution in [1.82, 2.24) is 4.90 Å². The molecule has 0 aliphatic rings. The molecule has 0 radical (unpaired) electrons. The normalized spacial score (nSPS) is 10.7. The Bertz CT molecular complexity index is 421. The lowest BCUT2D eigenvalue weighted by Gasteiger charge is -2.26. The molecule has 100 valence electrons. The van der Waals surface area contributed by atoms with Crippen LogP contribution in [0.4, 0.5) is 4.39 Å². The van der Waals surface area contributed by atoms with Gasteiger partial charge < -0.3 is 14.7 Å². The Hall–Kier alpha value is -1.62. The number of methoxy groups -OCH3 is 1. The van der Waals surface area contributed by atoms with Gasteiger partial charge in [0.05, 0.1) is 12.2 Å². The van der Waals surface area contributed by atoms with Gasteiger partial charge in [0.25, 0.3) is 5.91 Å². The molecule has 0 bridgehead atoms. The number of ether oxygens (including phenoxy) is 1. The molecule has 0 saturated carbocycles. The number of phenolic OH excluding ortho intramolecular Hbond substituents is 1. The molecule has 1 aromatic carbocycles. The van der Waals surface area contributed by atoms with E-state index in [0.29, 0.717) is 13.2 Å². The number of nitrogens with zero attached hydrogens (tertiary/aromatic N) is 1. The molecule has 0 aliphatic heterocycles. The Balaban J connectivity index is 2.94. The van der Waals surface area contributed by atoms with Gasteiger partial charge >= 0.3 is 0 Å². The van der Waals surface area contributed by atoms with Crippen LogP contribution in [0.1, 0.15) is 24.2 Å². The minimum atomic E-state index is -0.719. The fourth-order valence-corrected chi connectivity index (χ4v) is 1.62. The van der Waals surface area contributed by atoms with Gasteiger partial charge in [0.2, 0.25) is 0 Å². The van der Waals surface area contributed by atoms with Crippen LogP contribution in [0.2, 0.25) is 0 Å². The van der Waals surface area contributed by atoms with Crippen LogP contribution in [0.25, 0.3) is 0 Å². The molecule has 4 nitrogen and oxygen atoms in total. The van der Waals surface area contributed by atoms with Crippen molar-refractivity contribution in [2.24, 2.45) is 0 Å². The number of halogens is 1. The highest BCUT2D eigenvalue weighted by Crippen LogP contribution is 2.17. The number of rotatable bonds is 5. The van der Waals surface area contributed by atoms with E-state index in [1.165, 1.54) is 17.0 Å². The molecular weight excluding hydrogens is 237 g/mol. The van der Waals surface area contributed by atoms with E-state index in [2.05, 4.69) is 0 Å². The average Bonchev–Trinajstić information content (AvgIpc) is 2.28. The molecule has 5 heteroatoms. The minimum Gasteiger partial charge on any atom is -0.508 e. The zero-order chi connectivity index (χ0) is 13.7. The standard InChI is InChI=1S/C13H18FNO3/c1-9(2)15(6-7-18-3)13(17)11-5-4-10(16)8-12(11)14/h4-5,8-9,16H,6-7H2,1-3H3. The lowest BCUT2D eigenvalue weighted by Crippen LogP contribution is -2.39. The molecule has 0 unspecified atom stereocenters. The van der Waals surface area contributed by atoms with Crippen LogP contribution in [0.5, 0.6) is 5.75 Å². The van der Waals surface area contributed by atoms with Crippen molar-refractivity contribution < 1.29 is 19.0 Å². The first kappa shape index (κ1) is 14.4. The van der Waals surface area contributed by atoms with Crippen LogP contribution in [-0.4, -0.2) is 42.2 Å². The van der Waals surface area contributed by atoms with Crippen molar-refractivity contribution in [2.75, 3.05) is 20.3 Å². The predicted molar refractivity (Wildman–Crippen MR) is 66.1 cm³/mol. The highest BCUT2D eigenvalue weighted by molar-refractivity contribution is 5.94. The molecular formula is C13H18FNO3. The second kappa shape index (κ2) is 6.35. The topological polar surface area (TPSA) is 49.8 Å². The zero-order valence-electron chi connectivity index (χ0n) is 10.8. The van der Waals surface area contributed by atoms with Crippen LogP contribution in [0.15, 0.2) is 18.2 Å². The third-order valence-corrected chi connectivity index (χ3v) is 2.60. The summed E-state index contributed by atoms with van der Waals surface area (Å²) in [6.07, 6.45) is 0. The fourth-order valence-electron chi connectivity index (χ4n) is 1.62. The number of hydrogen-bond acceptors (Lipinski definition) is 3. The van der Waals surface area contributed by atoms with Gasteiger partial charge in [-0.15, -0.1) is 0 Å². The first-order chi connectivity index (χ1) is 8.47. The third kappa shape index (κ3) is 3.43. The summed E-state index contributed by atoms with van der Waals surface area (Å²) >= 11 is 0. The van der Waals surface area contributed by atoms with Crippen LogP contribution in [0, 0.1) is 5.82 Å². The van der Waals surface area contributed by atoms with Crippen molar-refractivity contribution >= 4 is 5.91 Å². The molecule has 1 amide bonds. The van der Waals surface area contributed by atoms with Crippen LogP contribution < -0.4 is 0 Å². The van der Waals surface area contributed by atoms with Crippen molar-refractivity contribution in [2.45, 2.75) is 19.9 Å². The molecule has 0 heterocycles. The number of amides is 1. The number of carbonyl (C=O) groups is 1. The number of carbonyl (C=O) groups excluding carboxylic acids is 1. The molecule has 1 rings (SSSR count). The van der Waals surface area contributed by atoms with Crippen molar-refractivity contribution in [3.05, 3.63) is 29.6 Å². The summed E-state index contributed by atoms with van der Waals surface area (Å²) in [7, 11) is 1.55. The maximum Gasteiger partial charge on any atom is 0.257 e. The molecule has 0 aromatic heterocycles. The second-order valence-corrected chi connectivity index (χ2v) is 4.25. The monoisotopic (exact) mass is 255 g/mol. The SMILES string of the molecule is COCCN(C(=O)c1ccc(O)cc1F)C(C)C. The largest absolute Gasteiger partial charge is 0.508 e. The van der Waals surface area contributed by atoms with Gasteiger partial charge in [-0.25, -0.2) is 4.39 Å². The van der Waals surface area contributed by atoms with Gasteiger partial charge in [-0.05, 0) is 26.0 Å². The van der Waals surface area contributed by atoms with Gasteiger partial charge in [0.1, 0.15) is 11.6 Å². The van der Waals surface area contributed by atoms with E-state index < -0.39 is 11.7 Å². The van der Waals surface area contributed by atoms with Crippen LogP contribution in [-0.2, 0) is 4.74 Å². The Morgan fingerprint density at radius 3 is 2.67 bits per heavy atom. The highest BCUT2D eigenvalue weighted by Gasteiger charge is 2.21. The summed E-state index contributed by atoms with van der Waals surface area (Å²) in [5.41, 5.74) is -0.0439. The Kier molecular flexibility index (Phi) is 5.09. The lowest BCUT2D eigenvalue weighted by atomic mass is 10.1. The Morgan fingerprint density at radius 1 is 1.50 bits per heavy atom. The van der Waals surface area contributed by atoms with Crippen LogP contribution in [0.3, 0.4) is 0 Å². The lowest BCUT2D eigenvalue weighted by molar-refractivity contribution is 0.0630. The van der Waals surface area contributed by atoms with Gasteiger partial charge in [-0.1, -0.05) is 0 Å². The smallest absolute Gasteiger partial charge is 0.257 e. The number of phenols is 1. The first-order valence-electron chi connectivity index (χ1n) is 5.75. The minimum absolute atomic E-state index is 0.0439. The molecule has 1 aromatic rings. The number of aromatic hydroxyl groups is 1. The molecule has 0 spiro atoms. The summed E-state index contributed by atoms with van der Waals surface area (Å²) < 4.78 is 18.5. The van der Waals surface area contributed by atoms with Gasteiger partial charge in [-0.2, -0.15) is 0 Å². The summed E-state index contributed by atoms with van der Waals surface area (Å²) in [6.45, 7) is 4.49. The van der Waals surface area contributed by atoms with Crippen LogP contribution >= 0.6 is 0 Å². The van der Waals surface area contributed by atoms with E-state index in [4.69, 9.17) is 9.84 Å². The summed E-state index contributed by atoms with van der Waals surface area (Å²) in [4.78, 5) is 13.7. The van der Waals surface area contributed by atoms with Gasteiger partial charge in [-0.3, -0.25) is 4.79 Å². The maximum atomic E-state index is 13.6. The molecule has 0 atom stereocenters. The van der Waals surface area contributed by atoms with Crippen molar-refractivity contribution in [3.8, 4) is 5.75 Å². The molecule has 0 aliphatic carbocycles. The van der Waals surface area contributed by atoms with E-state index in [1.807, 2.05) is 13.8 Å². The van der Waals surface area contributed by atoms with Crippen molar-refractivity contribution in [3.63, 3.8) is 0 Å². The molecule has 1 N–H and O–H groups in total. The quantitative estimate of drug-likeness (QED) is 0.875. The van der Waals surface area contributed by atoms with E-state index >= 15 is 0 Å². The summed E-state index contributed by atoms with van der Waals surface area (Å²) in [5, 5.41) is 9.12.